The van der Waals surface area contributed by atoms with Crippen LogP contribution in [0, 0.1) is 0 Å². The number of amides is 2. The van der Waals surface area contributed by atoms with Crippen LogP contribution < -0.4 is 10.6 Å². The molecule has 5 rings (SSSR count). The average Bonchev–Trinajstić information content (AvgIpc) is 3.30. The number of hydrogen-bond donors (Lipinski definition) is 3. The molecule has 1 aliphatic rings. The molecule has 3 N–H and O–H groups in total. The zero-order valence-electron chi connectivity index (χ0n) is 20.9. The Hall–Kier alpha value is -3.89. The second kappa shape index (κ2) is 11.5. The molecule has 2 amide bonds. The first-order valence-corrected chi connectivity index (χ1v) is 12.2. The van der Waals surface area contributed by atoms with Crippen molar-refractivity contribution < 1.29 is 27.5 Å². The zero-order chi connectivity index (χ0) is 26.9. The summed E-state index contributed by atoms with van der Waals surface area (Å²) in [6.07, 6.45) is -0.763. The number of aryl methyl sites for hydroxylation is 1. The molecule has 1 aromatic heterocycles. The summed E-state index contributed by atoms with van der Waals surface area (Å²) in [7, 11) is 1.50. The van der Waals surface area contributed by atoms with Crippen LogP contribution in [0.15, 0.2) is 54.6 Å². The molecule has 0 aliphatic heterocycles. The maximum Gasteiger partial charge on any atom is 0.417 e. The van der Waals surface area contributed by atoms with Crippen molar-refractivity contribution in [1.29, 1.82) is 0 Å². The minimum absolute atomic E-state index is 0. The summed E-state index contributed by atoms with van der Waals surface area (Å²) < 4.78 is 45.6. The van der Waals surface area contributed by atoms with Gasteiger partial charge < -0.3 is 20.4 Å². The van der Waals surface area contributed by atoms with Crippen molar-refractivity contribution in [1.82, 2.24) is 9.97 Å². The van der Waals surface area contributed by atoms with Gasteiger partial charge in [-0.3, -0.25) is 9.59 Å². The Morgan fingerprint density at radius 3 is 2.49 bits per heavy atom. The first-order valence-electron chi connectivity index (χ1n) is 12.2. The molecule has 39 heavy (non-hydrogen) atoms. The maximum atomic E-state index is 13.5. The van der Waals surface area contributed by atoms with Crippen molar-refractivity contribution in [3.8, 4) is 0 Å². The van der Waals surface area contributed by atoms with Gasteiger partial charge in [0.05, 0.1) is 22.2 Å². The van der Waals surface area contributed by atoms with E-state index in [0.717, 1.165) is 43.4 Å². The van der Waals surface area contributed by atoms with E-state index < -0.39 is 29.1 Å². The number of H-pyrrole nitrogens is 1. The van der Waals surface area contributed by atoms with Gasteiger partial charge in [-0.05, 0) is 67.1 Å². The Bertz CT molecular complexity index is 1530. The number of nitrogens with one attached hydrogen (secondary N) is 3. The van der Waals surface area contributed by atoms with Gasteiger partial charge in [0.2, 0.25) is 0 Å². The van der Waals surface area contributed by atoms with E-state index in [1.54, 1.807) is 0 Å². The van der Waals surface area contributed by atoms with E-state index in [4.69, 9.17) is 4.74 Å². The minimum atomic E-state index is -4.70. The summed E-state index contributed by atoms with van der Waals surface area (Å²) in [5.74, 6) is -0.937. The number of aromatic amines is 1. The molecule has 11 heteroatoms. The van der Waals surface area contributed by atoms with E-state index in [-0.39, 0.29) is 30.3 Å². The van der Waals surface area contributed by atoms with Crippen molar-refractivity contribution >= 4 is 46.6 Å². The van der Waals surface area contributed by atoms with Gasteiger partial charge in [0.15, 0.2) is 0 Å². The van der Waals surface area contributed by atoms with Crippen LogP contribution in [0.25, 0.3) is 11.0 Å². The van der Waals surface area contributed by atoms with E-state index in [2.05, 4.69) is 26.7 Å². The van der Waals surface area contributed by atoms with Crippen molar-refractivity contribution in [3.05, 3.63) is 88.2 Å². The second-order valence-corrected chi connectivity index (χ2v) is 9.14. The van der Waals surface area contributed by atoms with Gasteiger partial charge in [0.25, 0.3) is 11.8 Å². The van der Waals surface area contributed by atoms with Crippen LogP contribution in [0.5, 0.6) is 0 Å². The lowest BCUT2D eigenvalue weighted by Crippen LogP contribution is -2.19. The molecular weight excluding hydrogens is 533 g/mol. The highest BCUT2D eigenvalue weighted by atomic mass is 35.5. The number of fused-ring (bicyclic) bond motifs is 2. The van der Waals surface area contributed by atoms with E-state index in [9.17, 15) is 22.8 Å². The molecule has 0 saturated carbocycles. The number of anilines is 2. The van der Waals surface area contributed by atoms with Gasteiger partial charge in [-0.1, -0.05) is 24.3 Å². The summed E-state index contributed by atoms with van der Waals surface area (Å²) in [4.78, 5) is 33.9. The fourth-order valence-electron chi connectivity index (χ4n) is 4.83. The third-order valence-electron chi connectivity index (χ3n) is 6.54. The number of ether oxygens (including phenoxy) is 1. The minimum Gasteiger partial charge on any atom is -0.377 e. The van der Waals surface area contributed by atoms with Crippen LogP contribution >= 0.6 is 12.4 Å². The predicted octanol–water partition coefficient (Wildman–Crippen LogP) is 6.53. The van der Waals surface area contributed by atoms with Crippen LogP contribution in [-0.2, 0) is 30.4 Å². The van der Waals surface area contributed by atoms with Crippen molar-refractivity contribution in [2.45, 2.75) is 38.5 Å². The fraction of sp³-hybridized carbons (Fsp3) is 0.250. The predicted molar refractivity (Wildman–Crippen MR) is 144 cm³/mol. The fourth-order valence-corrected chi connectivity index (χ4v) is 4.83. The number of alkyl halides is 3. The maximum absolute atomic E-state index is 13.5. The number of hydrogen-bond acceptors (Lipinski definition) is 4. The Balaban J connectivity index is 0.00000353. The number of carbonyl (C=O) groups is 2. The number of halogens is 4. The Morgan fingerprint density at radius 1 is 0.974 bits per heavy atom. The first-order chi connectivity index (χ1) is 18.2. The SMILES string of the molecule is COCc1nc2c(C(=O)Nc3cccc4c3CCCC4)cc(NC(=O)c3ccccc3C(F)(F)F)cc2[nH]1.Cl. The molecule has 0 unspecified atom stereocenters. The number of rotatable bonds is 6. The van der Waals surface area contributed by atoms with E-state index in [1.807, 2.05) is 12.1 Å². The number of imidazole rings is 1. The monoisotopic (exact) mass is 558 g/mol. The van der Waals surface area contributed by atoms with Crippen LogP contribution in [0.1, 0.15) is 56.1 Å². The lowest BCUT2D eigenvalue weighted by atomic mass is 9.90. The van der Waals surface area contributed by atoms with E-state index in [1.165, 1.54) is 36.9 Å². The molecule has 7 nitrogen and oxygen atoms in total. The van der Waals surface area contributed by atoms with E-state index in [0.29, 0.717) is 22.5 Å². The van der Waals surface area contributed by atoms with Crippen LogP contribution in [0.2, 0.25) is 0 Å². The van der Waals surface area contributed by atoms with Crippen molar-refractivity contribution in [2.75, 3.05) is 17.7 Å². The summed E-state index contributed by atoms with van der Waals surface area (Å²) in [6, 6.07) is 13.3. The topological polar surface area (TPSA) is 96.1 Å². The Kier molecular flexibility index (Phi) is 8.27. The van der Waals surface area contributed by atoms with Crippen LogP contribution in [-0.4, -0.2) is 28.9 Å². The second-order valence-electron chi connectivity index (χ2n) is 9.14. The standard InChI is InChI=1S/C28H25F3N4O3.ClH/c1-38-15-24-33-23-14-17(32-26(36)19-10-4-5-11-21(19)28(29,30)31)13-20(25(23)35-24)27(37)34-22-12-6-8-16-7-2-3-9-18(16)22;/h4-6,8,10-14H,2-3,7,9,15H2,1H3,(H,32,36)(H,33,35)(H,34,37);1H. The molecule has 0 atom stereocenters. The number of nitrogens with zero attached hydrogens (tertiary/aromatic N) is 1. The molecule has 0 bridgehead atoms. The van der Waals surface area contributed by atoms with Gasteiger partial charge in [-0.25, -0.2) is 4.98 Å². The average molecular weight is 559 g/mol. The zero-order valence-corrected chi connectivity index (χ0v) is 21.8. The summed E-state index contributed by atoms with van der Waals surface area (Å²) in [5.41, 5.74) is 2.53. The highest BCUT2D eigenvalue weighted by Gasteiger charge is 2.35. The van der Waals surface area contributed by atoms with E-state index >= 15 is 0 Å². The lowest BCUT2D eigenvalue weighted by molar-refractivity contribution is -0.137. The molecule has 1 heterocycles. The number of methoxy groups -OCH3 is 1. The molecule has 4 aromatic rings. The molecule has 0 saturated heterocycles. The number of carbonyl (C=O) groups excluding carboxylic acids is 2. The van der Waals surface area contributed by atoms with Crippen LogP contribution in [0.4, 0.5) is 24.5 Å². The van der Waals surface area contributed by atoms with Crippen molar-refractivity contribution in [3.63, 3.8) is 0 Å². The van der Waals surface area contributed by atoms with Gasteiger partial charge in [-0.2, -0.15) is 13.2 Å². The van der Waals surface area contributed by atoms with Crippen molar-refractivity contribution in [2.24, 2.45) is 0 Å². The van der Waals surface area contributed by atoms with Gasteiger partial charge in [0, 0.05) is 18.5 Å². The molecule has 0 fully saturated rings. The molecule has 3 aromatic carbocycles. The molecule has 0 radical (unpaired) electrons. The Labute approximate surface area is 228 Å². The highest BCUT2D eigenvalue weighted by molar-refractivity contribution is 6.14. The first kappa shape index (κ1) is 28.1. The molecule has 0 spiro atoms. The summed E-state index contributed by atoms with van der Waals surface area (Å²) in [5, 5.41) is 5.49. The highest BCUT2D eigenvalue weighted by Crippen LogP contribution is 2.33. The lowest BCUT2D eigenvalue weighted by Gasteiger charge is -2.19. The third kappa shape index (κ3) is 5.91. The van der Waals surface area contributed by atoms with Crippen LogP contribution in [0.3, 0.4) is 0 Å². The number of benzene rings is 3. The summed E-state index contributed by atoms with van der Waals surface area (Å²) >= 11 is 0. The normalized spacial score (nSPS) is 12.9. The smallest absolute Gasteiger partial charge is 0.377 e. The van der Waals surface area contributed by atoms with Gasteiger partial charge >= 0.3 is 6.18 Å². The van der Waals surface area contributed by atoms with Gasteiger partial charge in [-0.15, -0.1) is 12.4 Å². The quantitative estimate of drug-likeness (QED) is 0.250. The molecular formula is C28H26ClF3N4O3. The molecule has 1 aliphatic carbocycles. The third-order valence-corrected chi connectivity index (χ3v) is 6.54. The van der Waals surface area contributed by atoms with Gasteiger partial charge in [0.1, 0.15) is 17.9 Å². The largest absolute Gasteiger partial charge is 0.417 e. The summed E-state index contributed by atoms with van der Waals surface area (Å²) in [6.45, 7) is 0.155. The number of aromatic nitrogens is 2. The Morgan fingerprint density at radius 2 is 1.72 bits per heavy atom. The molecule has 204 valence electrons.